The Bertz CT molecular complexity index is 715. The molecule has 0 aromatic carbocycles. The second-order valence-electron chi connectivity index (χ2n) is 5.62. The van der Waals surface area contributed by atoms with Crippen molar-refractivity contribution in [3.05, 3.63) is 42.1 Å². The fourth-order valence-corrected chi connectivity index (χ4v) is 2.61. The van der Waals surface area contributed by atoms with Crippen LogP contribution in [0.15, 0.2) is 30.7 Å². The summed E-state index contributed by atoms with van der Waals surface area (Å²) in [5.41, 5.74) is 0.969. The Morgan fingerprint density at radius 1 is 1.43 bits per heavy atom. The van der Waals surface area contributed by atoms with E-state index in [0.29, 0.717) is 25.9 Å². The highest BCUT2D eigenvalue weighted by Gasteiger charge is 2.24. The first-order chi connectivity index (χ1) is 11.1. The number of imidazole rings is 1. The van der Waals surface area contributed by atoms with Crippen LogP contribution >= 0.6 is 0 Å². The molecule has 1 fully saturated rings. The number of pyridine rings is 1. The standard InChI is InChI=1S/C16H19N5O2/c1-11-17-6-7-21(11)14-8-12(4-5-18-14)9-20-16(23)13-2-3-15(22)19-10-13/h4-8,13H,2-3,9-10H2,1H3,(H,19,22)(H,20,23)/t13-/m1/s1. The highest BCUT2D eigenvalue weighted by molar-refractivity contribution is 5.83. The lowest BCUT2D eigenvalue weighted by atomic mass is 9.98. The number of nitrogens with one attached hydrogen (secondary N) is 2. The van der Waals surface area contributed by atoms with Gasteiger partial charge in [-0.15, -0.1) is 0 Å². The van der Waals surface area contributed by atoms with Crippen molar-refractivity contribution in [2.75, 3.05) is 6.54 Å². The second kappa shape index (κ2) is 6.60. The van der Waals surface area contributed by atoms with Crippen LogP contribution in [-0.2, 0) is 16.1 Å². The Morgan fingerprint density at radius 3 is 3.00 bits per heavy atom. The van der Waals surface area contributed by atoms with Crippen LogP contribution in [0.5, 0.6) is 0 Å². The minimum absolute atomic E-state index is 0.0172. The Labute approximate surface area is 134 Å². The van der Waals surface area contributed by atoms with Crippen LogP contribution in [0.25, 0.3) is 5.82 Å². The number of hydrogen-bond acceptors (Lipinski definition) is 4. The van der Waals surface area contributed by atoms with Crippen LogP contribution in [-0.4, -0.2) is 32.9 Å². The number of piperidine rings is 1. The average molecular weight is 313 g/mol. The predicted octanol–water partition coefficient (Wildman–Crippen LogP) is 0.718. The van der Waals surface area contributed by atoms with Gasteiger partial charge in [0.2, 0.25) is 11.8 Å². The molecule has 0 saturated carbocycles. The molecule has 2 aromatic rings. The molecule has 3 heterocycles. The first-order valence-electron chi connectivity index (χ1n) is 7.63. The Morgan fingerprint density at radius 2 is 2.30 bits per heavy atom. The van der Waals surface area contributed by atoms with E-state index in [-0.39, 0.29) is 17.7 Å². The molecule has 1 saturated heterocycles. The minimum Gasteiger partial charge on any atom is -0.355 e. The summed E-state index contributed by atoms with van der Waals surface area (Å²) in [4.78, 5) is 31.8. The number of aryl methyl sites for hydroxylation is 1. The molecule has 7 heteroatoms. The summed E-state index contributed by atoms with van der Waals surface area (Å²) in [6.07, 6.45) is 6.32. The van der Waals surface area contributed by atoms with E-state index >= 15 is 0 Å². The minimum atomic E-state index is -0.148. The summed E-state index contributed by atoms with van der Waals surface area (Å²) in [5.74, 6) is 1.48. The van der Waals surface area contributed by atoms with Gasteiger partial charge in [0.1, 0.15) is 11.6 Å². The average Bonchev–Trinajstić information content (AvgIpc) is 3.00. The van der Waals surface area contributed by atoms with Crippen molar-refractivity contribution in [2.45, 2.75) is 26.3 Å². The molecule has 0 radical (unpaired) electrons. The number of carbonyl (C=O) groups is 2. The summed E-state index contributed by atoms with van der Waals surface area (Å²) in [6.45, 7) is 2.76. The zero-order chi connectivity index (χ0) is 16.2. The number of amides is 2. The second-order valence-corrected chi connectivity index (χ2v) is 5.62. The van der Waals surface area contributed by atoms with E-state index in [2.05, 4.69) is 20.6 Å². The zero-order valence-electron chi connectivity index (χ0n) is 13.0. The monoisotopic (exact) mass is 313 g/mol. The van der Waals surface area contributed by atoms with Gasteiger partial charge in [-0.05, 0) is 31.0 Å². The summed E-state index contributed by atoms with van der Waals surface area (Å²) in [5, 5.41) is 5.65. The van der Waals surface area contributed by atoms with E-state index in [1.54, 1.807) is 12.4 Å². The Balaban J connectivity index is 1.61. The van der Waals surface area contributed by atoms with Crippen molar-refractivity contribution in [2.24, 2.45) is 5.92 Å². The SMILES string of the molecule is Cc1nccn1-c1cc(CNC(=O)[C@@H]2CCC(=O)NC2)ccn1. The molecule has 0 bridgehead atoms. The van der Waals surface area contributed by atoms with Gasteiger partial charge in [-0.1, -0.05) is 0 Å². The predicted molar refractivity (Wildman–Crippen MR) is 83.7 cm³/mol. The van der Waals surface area contributed by atoms with Gasteiger partial charge in [-0.3, -0.25) is 14.2 Å². The third kappa shape index (κ3) is 3.56. The van der Waals surface area contributed by atoms with Crippen molar-refractivity contribution < 1.29 is 9.59 Å². The lowest BCUT2D eigenvalue weighted by molar-refractivity contribution is -0.129. The van der Waals surface area contributed by atoms with E-state index in [1.807, 2.05) is 29.8 Å². The van der Waals surface area contributed by atoms with E-state index in [1.165, 1.54) is 0 Å². The molecule has 3 rings (SSSR count). The molecule has 120 valence electrons. The van der Waals surface area contributed by atoms with Crippen molar-refractivity contribution in [1.29, 1.82) is 0 Å². The van der Waals surface area contributed by atoms with E-state index in [0.717, 1.165) is 17.2 Å². The summed E-state index contributed by atoms with van der Waals surface area (Å²) in [6, 6.07) is 3.80. The topological polar surface area (TPSA) is 88.9 Å². The normalized spacial score (nSPS) is 17.6. The molecule has 1 aliphatic heterocycles. The Kier molecular flexibility index (Phi) is 4.36. The van der Waals surface area contributed by atoms with Gasteiger partial charge in [-0.25, -0.2) is 9.97 Å². The van der Waals surface area contributed by atoms with Gasteiger partial charge in [-0.2, -0.15) is 0 Å². The molecule has 0 unspecified atom stereocenters. The van der Waals surface area contributed by atoms with Gasteiger partial charge in [0.05, 0.1) is 5.92 Å². The van der Waals surface area contributed by atoms with Crippen molar-refractivity contribution in [1.82, 2.24) is 25.2 Å². The maximum atomic E-state index is 12.2. The van der Waals surface area contributed by atoms with Crippen LogP contribution in [0.4, 0.5) is 0 Å². The summed E-state index contributed by atoms with van der Waals surface area (Å²) >= 11 is 0. The smallest absolute Gasteiger partial charge is 0.225 e. The zero-order valence-corrected chi connectivity index (χ0v) is 13.0. The summed E-state index contributed by atoms with van der Waals surface area (Å²) in [7, 11) is 0. The molecule has 2 amide bonds. The number of hydrogen-bond donors (Lipinski definition) is 2. The maximum Gasteiger partial charge on any atom is 0.225 e. The van der Waals surface area contributed by atoms with Crippen LogP contribution in [0, 0.1) is 12.8 Å². The van der Waals surface area contributed by atoms with Crippen molar-refractivity contribution in [3.8, 4) is 5.82 Å². The molecule has 1 aliphatic rings. The lowest BCUT2D eigenvalue weighted by Gasteiger charge is -2.21. The van der Waals surface area contributed by atoms with Crippen molar-refractivity contribution >= 4 is 11.8 Å². The van der Waals surface area contributed by atoms with E-state index in [4.69, 9.17) is 0 Å². The fraction of sp³-hybridized carbons (Fsp3) is 0.375. The van der Waals surface area contributed by atoms with E-state index < -0.39 is 0 Å². The number of aromatic nitrogens is 3. The Hall–Kier alpha value is -2.70. The van der Waals surface area contributed by atoms with Gasteiger partial charge < -0.3 is 10.6 Å². The fourth-order valence-electron chi connectivity index (χ4n) is 2.61. The molecule has 23 heavy (non-hydrogen) atoms. The first kappa shape index (κ1) is 15.2. The van der Waals surface area contributed by atoms with Gasteiger partial charge >= 0.3 is 0 Å². The maximum absolute atomic E-state index is 12.2. The number of rotatable bonds is 4. The van der Waals surface area contributed by atoms with Gasteiger partial charge in [0.15, 0.2) is 0 Å². The number of nitrogens with zero attached hydrogens (tertiary/aromatic N) is 3. The molecule has 2 N–H and O–H groups in total. The third-order valence-electron chi connectivity index (χ3n) is 3.99. The highest BCUT2D eigenvalue weighted by Crippen LogP contribution is 2.12. The third-order valence-corrected chi connectivity index (χ3v) is 3.99. The van der Waals surface area contributed by atoms with Crippen molar-refractivity contribution in [3.63, 3.8) is 0 Å². The molecule has 0 spiro atoms. The summed E-state index contributed by atoms with van der Waals surface area (Å²) < 4.78 is 1.89. The molecule has 0 aliphatic carbocycles. The van der Waals surface area contributed by atoms with Crippen LogP contribution in [0.2, 0.25) is 0 Å². The molecule has 1 atom stereocenters. The van der Waals surface area contributed by atoms with Crippen LogP contribution in [0.1, 0.15) is 24.2 Å². The van der Waals surface area contributed by atoms with Gasteiger partial charge in [0.25, 0.3) is 0 Å². The van der Waals surface area contributed by atoms with Gasteiger partial charge in [0, 0.05) is 38.1 Å². The van der Waals surface area contributed by atoms with Crippen LogP contribution in [0.3, 0.4) is 0 Å². The molecule has 2 aromatic heterocycles. The lowest BCUT2D eigenvalue weighted by Crippen LogP contribution is -2.42. The molecular formula is C16H19N5O2. The number of carbonyl (C=O) groups excluding carboxylic acids is 2. The molecule has 7 nitrogen and oxygen atoms in total. The van der Waals surface area contributed by atoms with Crippen LogP contribution < -0.4 is 10.6 Å². The largest absolute Gasteiger partial charge is 0.355 e. The molecular weight excluding hydrogens is 294 g/mol. The first-order valence-corrected chi connectivity index (χ1v) is 7.63. The quantitative estimate of drug-likeness (QED) is 0.870. The highest BCUT2D eigenvalue weighted by atomic mass is 16.2. The van der Waals surface area contributed by atoms with E-state index in [9.17, 15) is 9.59 Å².